The quantitative estimate of drug-likeness (QED) is 0.194. The Balaban J connectivity index is 1.30. The molecule has 0 radical (unpaired) electrons. The number of ketones is 1. The second-order valence-corrected chi connectivity index (χ2v) is 10.2. The van der Waals surface area contributed by atoms with Crippen molar-refractivity contribution < 1.29 is 4.79 Å². The molecule has 1 aliphatic heterocycles. The molecule has 1 aliphatic rings. The van der Waals surface area contributed by atoms with Gasteiger partial charge in [-0.05, 0) is 75.6 Å². The summed E-state index contributed by atoms with van der Waals surface area (Å²) in [6.07, 6.45) is 7.32. The molecule has 178 valence electrons. The molecule has 1 saturated heterocycles. The Morgan fingerprint density at radius 3 is 2.68 bits per heavy atom. The number of thiazole rings is 1. The zero-order valence-corrected chi connectivity index (χ0v) is 21.1. The summed E-state index contributed by atoms with van der Waals surface area (Å²) >= 11 is 1.66. The van der Waals surface area contributed by atoms with Crippen molar-refractivity contribution in [2.24, 2.45) is 0 Å². The van der Waals surface area contributed by atoms with Gasteiger partial charge in [-0.25, -0.2) is 4.98 Å². The number of unbranched alkanes of at least 4 members (excludes halogenated alkanes) is 1. The predicted molar refractivity (Wildman–Crippen MR) is 143 cm³/mol. The van der Waals surface area contributed by atoms with E-state index >= 15 is 0 Å². The summed E-state index contributed by atoms with van der Waals surface area (Å²) in [4.78, 5) is 23.5. The topological polar surface area (TPSA) is 40.9 Å². The molecule has 0 spiro atoms. The molecule has 34 heavy (non-hydrogen) atoms. The van der Waals surface area contributed by atoms with Gasteiger partial charge in [0.1, 0.15) is 0 Å². The van der Waals surface area contributed by atoms with Gasteiger partial charge in [-0.1, -0.05) is 37.3 Å². The smallest absolute Gasteiger partial charge is 0.195 e. The maximum atomic E-state index is 12.8. The number of nitrogens with zero attached hydrogens (tertiary/aromatic N) is 4. The number of carbonyl (C=O) groups excluding carboxylic acids is 1. The van der Waals surface area contributed by atoms with Crippen molar-refractivity contribution >= 4 is 38.0 Å². The van der Waals surface area contributed by atoms with Crippen LogP contribution in [-0.4, -0.2) is 52.8 Å². The zero-order valence-electron chi connectivity index (χ0n) is 20.3. The first-order valence-electron chi connectivity index (χ1n) is 12.7. The van der Waals surface area contributed by atoms with Gasteiger partial charge in [-0.3, -0.25) is 9.20 Å². The highest BCUT2D eigenvalue weighted by Gasteiger charge is 2.16. The zero-order chi connectivity index (χ0) is 23.5. The normalized spacial score (nSPS) is 14.1. The van der Waals surface area contributed by atoms with Crippen LogP contribution in [0.4, 0.5) is 5.69 Å². The molecule has 5 nitrogen and oxygen atoms in total. The van der Waals surface area contributed by atoms with Gasteiger partial charge >= 0.3 is 0 Å². The van der Waals surface area contributed by atoms with E-state index in [0.29, 0.717) is 6.42 Å². The number of imidazole rings is 1. The molecule has 0 bridgehead atoms. The van der Waals surface area contributed by atoms with Crippen LogP contribution >= 0.6 is 11.3 Å². The molecule has 0 unspecified atom stereocenters. The van der Waals surface area contributed by atoms with Crippen molar-refractivity contribution in [3.63, 3.8) is 0 Å². The molecule has 2 aromatic carbocycles. The van der Waals surface area contributed by atoms with Crippen molar-refractivity contribution in [2.75, 3.05) is 37.6 Å². The molecule has 0 aliphatic carbocycles. The fraction of sp³-hybridized carbons (Fsp3) is 0.429. The number of hydrogen-bond donors (Lipinski definition) is 0. The highest BCUT2D eigenvalue weighted by atomic mass is 32.1. The Morgan fingerprint density at radius 2 is 1.88 bits per heavy atom. The van der Waals surface area contributed by atoms with Crippen molar-refractivity contribution in [1.82, 2.24) is 14.3 Å². The first-order valence-corrected chi connectivity index (χ1v) is 13.5. The average Bonchev–Trinajstić information content (AvgIpc) is 3.60. The molecule has 3 heterocycles. The lowest BCUT2D eigenvalue weighted by Gasteiger charge is -2.17. The second kappa shape index (κ2) is 10.3. The van der Waals surface area contributed by atoms with Crippen LogP contribution in [-0.2, 0) is 0 Å². The summed E-state index contributed by atoms with van der Waals surface area (Å²) in [6.45, 7) is 9.89. The molecule has 2 aromatic heterocycles. The molecule has 0 N–H and O–H groups in total. The number of hydrogen-bond acceptors (Lipinski definition) is 5. The highest BCUT2D eigenvalue weighted by molar-refractivity contribution is 7.23. The van der Waals surface area contributed by atoms with Gasteiger partial charge in [-0.2, -0.15) is 0 Å². The van der Waals surface area contributed by atoms with Crippen molar-refractivity contribution in [1.29, 1.82) is 0 Å². The van der Waals surface area contributed by atoms with Crippen LogP contribution in [0.5, 0.6) is 0 Å². The van der Waals surface area contributed by atoms with E-state index in [1.807, 2.05) is 6.07 Å². The summed E-state index contributed by atoms with van der Waals surface area (Å²) in [5.74, 6) is 0.243. The van der Waals surface area contributed by atoms with E-state index < -0.39 is 0 Å². The lowest BCUT2D eigenvalue weighted by atomic mass is 10.1. The number of aromatic nitrogens is 2. The average molecular weight is 475 g/mol. The molecule has 6 heteroatoms. The molecule has 4 aromatic rings. The van der Waals surface area contributed by atoms with E-state index in [-0.39, 0.29) is 5.78 Å². The summed E-state index contributed by atoms with van der Waals surface area (Å²) in [6, 6.07) is 14.8. The Bertz CT molecular complexity index is 1280. The van der Waals surface area contributed by atoms with E-state index in [1.54, 1.807) is 11.3 Å². The van der Waals surface area contributed by atoms with E-state index in [2.05, 4.69) is 70.6 Å². The van der Waals surface area contributed by atoms with Crippen LogP contribution in [0.1, 0.15) is 56.3 Å². The monoisotopic (exact) mass is 474 g/mol. The highest BCUT2D eigenvalue weighted by Crippen LogP contribution is 2.32. The minimum atomic E-state index is 0.243. The van der Waals surface area contributed by atoms with Crippen LogP contribution in [0.2, 0.25) is 0 Å². The molecular weight excluding hydrogens is 440 g/mol. The number of rotatable bonds is 10. The Labute approximate surface area is 206 Å². The second-order valence-electron chi connectivity index (χ2n) is 9.21. The fourth-order valence-corrected chi connectivity index (χ4v) is 6.00. The number of benzene rings is 2. The number of Topliss-reactive ketones (excluding diaryl/α,β-unsaturated/α-hetero) is 1. The van der Waals surface area contributed by atoms with Gasteiger partial charge in [0.15, 0.2) is 10.7 Å². The van der Waals surface area contributed by atoms with Crippen molar-refractivity contribution in [3.8, 4) is 11.3 Å². The van der Waals surface area contributed by atoms with Gasteiger partial charge in [0.2, 0.25) is 0 Å². The summed E-state index contributed by atoms with van der Waals surface area (Å²) < 4.78 is 3.28. The lowest BCUT2D eigenvalue weighted by Crippen LogP contribution is -2.24. The third kappa shape index (κ3) is 4.75. The van der Waals surface area contributed by atoms with E-state index in [4.69, 9.17) is 4.98 Å². The molecule has 0 saturated carbocycles. The van der Waals surface area contributed by atoms with Crippen molar-refractivity contribution in [2.45, 2.75) is 46.0 Å². The standard InChI is InChI=1S/C28H34N4OS/c1-3-30(4-2)15-6-5-12-26(33)22-13-14-25-27(19-22)34-28-29-24(20-32(25)28)21-10-9-11-23(18-21)31-16-7-8-17-31/h9-11,13-14,18-20H,3-8,12,15-17H2,1-2H3. The van der Waals surface area contributed by atoms with Gasteiger partial charge in [0.05, 0.1) is 15.9 Å². The van der Waals surface area contributed by atoms with E-state index in [1.165, 1.54) is 18.5 Å². The van der Waals surface area contributed by atoms with Gasteiger partial charge in [0.25, 0.3) is 0 Å². The fourth-order valence-electron chi connectivity index (χ4n) is 4.96. The number of anilines is 1. The maximum absolute atomic E-state index is 12.8. The molecule has 5 rings (SSSR count). The van der Waals surface area contributed by atoms with Crippen LogP contribution in [0.25, 0.3) is 26.4 Å². The van der Waals surface area contributed by atoms with Crippen LogP contribution in [0.15, 0.2) is 48.7 Å². The molecule has 0 amide bonds. The van der Waals surface area contributed by atoms with E-state index in [9.17, 15) is 4.79 Å². The van der Waals surface area contributed by atoms with Crippen LogP contribution < -0.4 is 4.90 Å². The minimum Gasteiger partial charge on any atom is -0.372 e. The van der Waals surface area contributed by atoms with Gasteiger partial charge in [-0.15, -0.1) is 0 Å². The van der Waals surface area contributed by atoms with Crippen LogP contribution in [0, 0.1) is 0 Å². The first kappa shape index (κ1) is 23.1. The largest absolute Gasteiger partial charge is 0.372 e. The third-order valence-electron chi connectivity index (χ3n) is 7.05. The molecule has 1 fully saturated rings. The minimum absolute atomic E-state index is 0.243. The predicted octanol–water partition coefficient (Wildman–Crippen LogP) is 6.51. The lowest BCUT2D eigenvalue weighted by molar-refractivity contribution is 0.0978. The first-order chi connectivity index (χ1) is 16.7. The Hall–Kier alpha value is -2.70. The number of carbonyl (C=O) groups is 1. The summed E-state index contributed by atoms with van der Waals surface area (Å²) in [5.41, 5.74) is 5.38. The third-order valence-corrected chi connectivity index (χ3v) is 8.07. The van der Waals surface area contributed by atoms with Crippen LogP contribution in [0.3, 0.4) is 0 Å². The summed E-state index contributed by atoms with van der Waals surface area (Å²) in [5, 5.41) is 0. The van der Waals surface area contributed by atoms with Gasteiger partial charge < -0.3 is 9.80 Å². The van der Waals surface area contributed by atoms with E-state index in [0.717, 1.165) is 77.6 Å². The Morgan fingerprint density at radius 1 is 1.06 bits per heavy atom. The SMILES string of the molecule is CCN(CC)CCCCC(=O)c1ccc2c(c1)sc1nc(-c3cccc(N4CCCC4)c3)cn12. The summed E-state index contributed by atoms with van der Waals surface area (Å²) in [7, 11) is 0. The van der Waals surface area contributed by atoms with Gasteiger partial charge in [0, 0.05) is 42.5 Å². The molecular formula is C28H34N4OS. The Kier molecular flexibility index (Phi) is 6.97. The molecule has 0 atom stereocenters. The number of fused-ring (bicyclic) bond motifs is 3. The van der Waals surface area contributed by atoms with Crippen molar-refractivity contribution in [3.05, 3.63) is 54.2 Å². The maximum Gasteiger partial charge on any atom is 0.195 e.